The standard InChI is InChI=1S/C20H23NO6/c1-11-9-15(26-12(2)19(24)21-8-7-17(22)23)18-13-5-3-4-6-14(13)20(25)27-16(18)10-11/h9-10,12H,3-8H2,1-2H3,(H,21,24)(H,22,23). The molecule has 0 spiro atoms. The van der Waals surface area contributed by atoms with Crippen molar-refractivity contribution in [2.45, 2.75) is 52.1 Å². The molecule has 0 saturated carbocycles. The minimum Gasteiger partial charge on any atom is -0.481 e. The zero-order valence-electron chi connectivity index (χ0n) is 15.5. The Hall–Kier alpha value is -2.83. The smallest absolute Gasteiger partial charge is 0.339 e. The Balaban J connectivity index is 1.93. The van der Waals surface area contributed by atoms with Gasteiger partial charge in [0.05, 0.1) is 11.8 Å². The Kier molecular flexibility index (Phi) is 5.48. The summed E-state index contributed by atoms with van der Waals surface area (Å²) in [5, 5.41) is 12.0. The first-order valence-electron chi connectivity index (χ1n) is 9.12. The summed E-state index contributed by atoms with van der Waals surface area (Å²) in [7, 11) is 0. The van der Waals surface area contributed by atoms with Crippen LogP contribution in [-0.4, -0.2) is 29.6 Å². The summed E-state index contributed by atoms with van der Waals surface area (Å²) < 4.78 is 11.4. The molecular formula is C20H23NO6. The molecule has 0 aliphatic heterocycles. The van der Waals surface area contributed by atoms with Crippen LogP contribution in [0.3, 0.4) is 0 Å². The molecule has 7 nitrogen and oxygen atoms in total. The van der Waals surface area contributed by atoms with Crippen LogP contribution < -0.4 is 15.7 Å². The van der Waals surface area contributed by atoms with E-state index in [1.54, 1.807) is 13.0 Å². The minimum absolute atomic E-state index is 0.0424. The fraction of sp³-hybridized carbons (Fsp3) is 0.450. The van der Waals surface area contributed by atoms with Gasteiger partial charge in [0.2, 0.25) is 0 Å². The van der Waals surface area contributed by atoms with Gasteiger partial charge >= 0.3 is 11.6 Å². The molecule has 144 valence electrons. The van der Waals surface area contributed by atoms with Crippen LogP contribution in [0.25, 0.3) is 11.0 Å². The third-order valence-corrected chi connectivity index (χ3v) is 4.74. The Morgan fingerprint density at radius 3 is 2.67 bits per heavy atom. The predicted molar refractivity (Wildman–Crippen MR) is 99.2 cm³/mol. The van der Waals surface area contributed by atoms with Gasteiger partial charge in [0.25, 0.3) is 5.91 Å². The molecule has 1 aromatic heterocycles. The Labute approximate surface area is 156 Å². The summed E-state index contributed by atoms with van der Waals surface area (Å²) in [5.74, 6) is -0.861. The first-order chi connectivity index (χ1) is 12.9. The van der Waals surface area contributed by atoms with E-state index < -0.39 is 18.0 Å². The Morgan fingerprint density at radius 1 is 1.26 bits per heavy atom. The van der Waals surface area contributed by atoms with Crippen LogP contribution in [0.1, 0.15) is 42.9 Å². The molecule has 2 N–H and O–H groups in total. The molecule has 7 heteroatoms. The largest absolute Gasteiger partial charge is 0.481 e. The fourth-order valence-electron chi connectivity index (χ4n) is 3.44. The van der Waals surface area contributed by atoms with E-state index in [0.717, 1.165) is 35.8 Å². The highest BCUT2D eigenvalue weighted by Crippen LogP contribution is 2.35. The van der Waals surface area contributed by atoms with Crippen molar-refractivity contribution < 1.29 is 23.8 Å². The third-order valence-electron chi connectivity index (χ3n) is 4.74. The van der Waals surface area contributed by atoms with Gasteiger partial charge in [-0.25, -0.2) is 4.79 Å². The second-order valence-electron chi connectivity index (χ2n) is 6.88. The monoisotopic (exact) mass is 373 g/mol. The minimum atomic E-state index is -0.977. The van der Waals surface area contributed by atoms with E-state index in [1.165, 1.54) is 0 Å². The van der Waals surface area contributed by atoms with E-state index in [4.69, 9.17) is 14.3 Å². The zero-order valence-corrected chi connectivity index (χ0v) is 15.5. The van der Waals surface area contributed by atoms with Gasteiger partial charge < -0.3 is 19.6 Å². The second-order valence-corrected chi connectivity index (χ2v) is 6.88. The lowest BCUT2D eigenvalue weighted by Gasteiger charge is -2.21. The van der Waals surface area contributed by atoms with E-state index in [-0.39, 0.29) is 18.6 Å². The number of hydrogen-bond acceptors (Lipinski definition) is 5. The number of carbonyl (C=O) groups is 2. The summed E-state index contributed by atoms with van der Waals surface area (Å²) in [6, 6.07) is 3.63. The SMILES string of the molecule is Cc1cc(OC(C)C(=O)NCCC(=O)O)c2c3c(c(=O)oc2c1)CCCC3. The van der Waals surface area contributed by atoms with Crippen molar-refractivity contribution in [3.8, 4) is 5.75 Å². The molecule has 27 heavy (non-hydrogen) atoms. The molecule has 1 unspecified atom stereocenters. The maximum Gasteiger partial charge on any atom is 0.339 e. The topological polar surface area (TPSA) is 106 Å². The number of aryl methyl sites for hydroxylation is 2. The van der Waals surface area contributed by atoms with E-state index in [1.807, 2.05) is 13.0 Å². The van der Waals surface area contributed by atoms with Crippen LogP contribution in [-0.2, 0) is 22.4 Å². The number of hydrogen-bond donors (Lipinski definition) is 2. The summed E-state index contributed by atoms with van der Waals surface area (Å²) in [6.07, 6.45) is 2.44. The first kappa shape index (κ1) is 18.9. The molecule has 0 radical (unpaired) electrons. The molecule has 3 rings (SSSR count). The van der Waals surface area contributed by atoms with Gasteiger partial charge in [-0.05, 0) is 62.8 Å². The number of carboxylic acid groups (broad SMARTS) is 1. The van der Waals surface area contributed by atoms with Crippen molar-refractivity contribution in [3.05, 3.63) is 39.2 Å². The Bertz CT molecular complexity index is 946. The number of ether oxygens (including phenoxy) is 1. The highest BCUT2D eigenvalue weighted by atomic mass is 16.5. The maximum absolute atomic E-state index is 12.3. The quantitative estimate of drug-likeness (QED) is 0.753. The van der Waals surface area contributed by atoms with Gasteiger partial charge in [0.1, 0.15) is 11.3 Å². The van der Waals surface area contributed by atoms with Crippen LogP contribution in [0.2, 0.25) is 0 Å². The summed E-state index contributed by atoms with van der Waals surface area (Å²) in [4.78, 5) is 35.0. The number of amides is 1. The molecule has 0 saturated heterocycles. The third kappa shape index (κ3) is 4.13. The number of nitrogens with one attached hydrogen (secondary N) is 1. The average Bonchev–Trinajstić information content (AvgIpc) is 2.60. The molecule has 1 heterocycles. The van der Waals surface area contributed by atoms with Gasteiger partial charge in [-0.1, -0.05) is 0 Å². The lowest BCUT2D eigenvalue weighted by Crippen LogP contribution is -2.37. The van der Waals surface area contributed by atoms with Gasteiger partial charge in [-0.15, -0.1) is 0 Å². The molecule has 1 amide bonds. The normalized spacial score (nSPS) is 14.4. The molecule has 0 fully saturated rings. The van der Waals surface area contributed by atoms with Crippen LogP contribution in [0.15, 0.2) is 21.3 Å². The van der Waals surface area contributed by atoms with E-state index in [2.05, 4.69) is 5.32 Å². The van der Waals surface area contributed by atoms with Gasteiger partial charge in [0, 0.05) is 12.1 Å². The zero-order chi connectivity index (χ0) is 19.6. The fourth-order valence-corrected chi connectivity index (χ4v) is 3.44. The van der Waals surface area contributed by atoms with Crippen LogP contribution in [0, 0.1) is 6.92 Å². The van der Waals surface area contributed by atoms with Gasteiger partial charge in [0.15, 0.2) is 6.10 Å². The number of fused-ring (bicyclic) bond motifs is 3. The van der Waals surface area contributed by atoms with Crippen LogP contribution in [0.4, 0.5) is 0 Å². The molecule has 2 aromatic rings. The molecule has 1 aliphatic carbocycles. The first-order valence-corrected chi connectivity index (χ1v) is 9.12. The van der Waals surface area contributed by atoms with Crippen molar-refractivity contribution >= 4 is 22.8 Å². The summed E-state index contributed by atoms with van der Waals surface area (Å²) >= 11 is 0. The molecule has 0 bridgehead atoms. The van der Waals surface area contributed by atoms with Crippen molar-refractivity contribution in [2.24, 2.45) is 0 Å². The molecular weight excluding hydrogens is 350 g/mol. The average molecular weight is 373 g/mol. The van der Waals surface area contributed by atoms with Gasteiger partial charge in [-0.3, -0.25) is 9.59 Å². The number of carbonyl (C=O) groups excluding carboxylic acids is 1. The highest BCUT2D eigenvalue weighted by Gasteiger charge is 2.23. The van der Waals surface area contributed by atoms with Crippen molar-refractivity contribution in [1.29, 1.82) is 0 Å². The predicted octanol–water partition coefficient (Wildman–Crippen LogP) is 2.34. The molecule has 1 aliphatic rings. The van der Waals surface area contributed by atoms with E-state index >= 15 is 0 Å². The second kappa shape index (κ2) is 7.82. The number of aliphatic carboxylic acids is 1. The number of benzene rings is 1. The van der Waals surface area contributed by atoms with E-state index in [9.17, 15) is 14.4 Å². The maximum atomic E-state index is 12.3. The molecule has 1 atom stereocenters. The van der Waals surface area contributed by atoms with Crippen molar-refractivity contribution in [3.63, 3.8) is 0 Å². The van der Waals surface area contributed by atoms with E-state index in [0.29, 0.717) is 23.3 Å². The number of carboxylic acids is 1. The summed E-state index contributed by atoms with van der Waals surface area (Å²) in [6.45, 7) is 3.51. The number of rotatable bonds is 6. The highest BCUT2D eigenvalue weighted by molar-refractivity contribution is 5.89. The Morgan fingerprint density at radius 2 is 1.96 bits per heavy atom. The summed E-state index contributed by atoms with van der Waals surface area (Å²) in [5.41, 5.74) is 2.67. The van der Waals surface area contributed by atoms with Crippen molar-refractivity contribution in [1.82, 2.24) is 5.32 Å². The van der Waals surface area contributed by atoms with Crippen LogP contribution >= 0.6 is 0 Å². The van der Waals surface area contributed by atoms with Crippen LogP contribution in [0.5, 0.6) is 5.75 Å². The van der Waals surface area contributed by atoms with Gasteiger partial charge in [-0.2, -0.15) is 0 Å². The van der Waals surface area contributed by atoms with Crippen molar-refractivity contribution in [2.75, 3.05) is 6.54 Å². The molecule has 1 aromatic carbocycles. The lowest BCUT2D eigenvalue weighted by molar-refractivity contribution is -0.137. The lowest BCUT2D eigenvalue weighted by atomic mass is 9.90.